The lowest BCUT2D eigenvalue weighted by atomic mass is 10.2. The highest BCUT2D eigenvalue weighted by atomic mass is 32.2. The number of hydrogen-bond acceptors (Lipinski definition) is 6. The van der Waals surface area contributed by atoms with Gasteiger partial charge < -0.3 is 20.1 Å². The van der Waals surface area contributed by atoms with E-state index < -0.39 is 28.8 Å². The molecule has 7 nitrogen and oxygen atoms in total. The maximum Gasteiger partial charge on any atom is 0.243 e. The van der Waals surface area contributed by atoms with Crippen molar-refractivity contribution in [1.29, 1.82) is 0 Å². The maximum absolute atomic E-state index is 12.9. The van der Waals surface area contributed by atoms with Crippen LogP contribution in [0.3, 0.4) is 0 Å². The summed E-state index contributed by atoms with van der Waals surface area (Å²) in [5.41, 5.74) is 0.909. The van der Waals surface area contributed by atoms with Gasteiger partial charge in [0.15, 0.2) is 0 Å². The second-order valence-corrected chi connectivity index (χ2v) is 8.19. The Morgan fingerprint density at radius 3 is 2.15 bits per heavy atom. The number of para-hydroxylation sites is 1. The molecule has 2 atom stereocenters. The molecule has 0 radical (unpaired) electrons. The molecular weight excluding hydrogens is 370 g/mol. The summed E-state index contributed by atoms with van der Waals surface area (Å²) < 4.78 is 32.2. The molecule has 0 saturated heterocycles. The zero-order chi connectivity index (χ0) is 19.9. The summed E-state index contributed by atoms with van der Waals surface area (Å²) in [6, 6.07) is 15.1. The molecule has 3 N–H and O–H groups in total. The van der Waals surface area contributed by atoms with Crippen LogP contribution in [0, 0.1) is 6.92 Å². The minimum absolute atomic E-state index is 0.0504. The molecule has 2 rings (SSSR count). The normalized spacial score (nSPS) is 14.1. The van der Waals surface area contributed by atoms with Gasteiger partial charge in [-0.15, -0.1) is 0 Å². The largest absolute Gasteiger partial charge is 0.491 e. The lowest BCUT2D eigenvalue weighted by Gasteiger charge is -2.26. The van der Waals surface area contributed by atoms with Crippen molar-refractivity contribution < 1.29 is 28.5 Å². The molecule has 148 valence electrons. The Bertz CT molecular complexity index is 795. The summed E-state index contributed by atoms with van der Waals surface area (Å²) in [7, 11) is -3.95. The van der Waals surface area contributed by atoms with Gasteiger partial charge in [-0.05, 0) is 31.2 Å². The van der Waals surface area contributed by atoms with Gasteiger partial charge in [-0.1, -0.05) is 35.9 Å². The molecule has 0 heterocycles. The zero-order valence-corrected chi connectivity index (χ0v) is 15.9. The van der Waals surface area contributed by atoms with E-state index in [9.17, 15) is 18.6 Å². The molecule has 0 unspecified atom stereocenters. The first-order valence-corrected chi connectivity index (χ1v) is 9.98. The first-order chi connectivity index (χ1) is 12.8. The standard InChI is InChI=1S/C19H25NO6S/c1-15-7-9-19(10-8-15)27(24,25)20(11-16(22)13-21)12-17(23)14-26-18-5-3-2-4-6-18/h2-10,16-17,21-23H,11-14H2,1H3/t16-,17+/m0/s1. The van der Waals surface area contributed by atoms with Crippen molar-refractivity contribution in [2.75, 3.05) is 26.3 Å². The van der Waals surface area contributed by atoms with Crippen molar-refractivity contribution >= 4 is 10.0 Å². The third kappa shape index (κ3) is 6.30. The SMILES string of the molecule is Cc1ccc(S(=O)(=O)N(C[C@H](O)CO)C[C@@H](O)COc2ccccc2)cc1. The maximum atomic E-state index is 12.9. The topological polar surface area (TPSA) is 107 Å². The van der Waals surface area contributed by atoms with Crippen LogP contribution in [0.1, 0.15) is 5.56 Å². The Balaban J connectivity index is 2.11. The van der Waals surface area contributed by atoms with Crippen LogP contribution in [0.4, 0.5) is 0 Å². The number of ether oxygens (including phenoxy) is 1. The van der Waals surface area contributed by atoms with Gasteiger partial charge in [-0.25, -0.2) is 8.42 Å². The van der Waals surface area contributed by atoms with Crippen LogP contribution >= 0.6 is 0 Å². The molecule has 27 heavy (non-hydrogen) atoms. The number of rotatable bonds is 10. The summed E-state index contributed by atoms with van der Waals surface area (Å²) in [6.45, 7) is 0.527. The summed E-state index contributed by atoms with van der Waals surface area (Å²) in [4.78, 5) is 0.0504. The number of benzene rings is 2. The molecule has 0 spiro atoms. The average molecular weight is 395 g/mol. The van der Waals surface area contributed by atoms with E-state index in [-0.39, 0.29) is 24.6 Å². The van der Waals surface area contributed by atoms with E-state index in [0.29, 0.717) is 5.75 Å². The van der Waals surface area contributed by atoms with Crippen molar-refractivity contribution in [2.45, 2.75) is 24.0 Å². The van der Waals surface area contributed by atoms with E-state index in [1.54, 1.807) is 36.4 Å². The summed E-state index contributed by atoms with van der Waals surface area (Å²) in [6.07, 6.45) is -2.37. The monoisotopic (exact) mass is 395 g/mol. The second-order valence-electron chi connectivity index (χ2n) is 6.25. The Morgan fingerprint density at radius 1 is 0.963 bits per heavy atom. The predicted octanol–water partition coefficient (Wildman–Crippen LogP) is 0.779. The highest BCUT2D eigenvalue weighted by Crippen LogP contribution is 2.18. The molecule has 2 aromatic rings. The molecule has 0 saturated carbocycles. The molecule has 0 aliphatic carbocycles. The van der Waals surface area contributed by atoms with E-state index in [1.807, 2.05) is 13.0 Å². The van der Waals surface area contributed by atoms with E-state index in [1.165, 1.54) is 12.1 Å². The van der Waals surface area contributed by atoms with Gasteiger partial charge in [0.2, 0.25) is 10.0 Å². The molecule has 2 aromatic carbocycles. The molecule has 0 aliphatic rings. The third-order valence-corrected chi connectivity index (χ3v) is 5.73. The van der Waals surface area contributed by atoms with Crippen LogP contribution < -0.4 is 4.74 Å². The number of hydrogen-bond donors (Lipinski definition) is 3. The number of aliphatic hydroxyl groups excluding tert-OH is 3. The fraction of sp³-hybridized carbons (Fsp3) is 0.368. The fourth-order valence-electron chi connectivity index (χ4n) is 2.42. The Morgan fingerprint density at radius 2 is 1.56 bits per heavy atom. The Kier molecular flexibility index (Phi) is 7.76. The van der Waals surface area contributed by atoms with Gasteiger partial charge in [0.25, 0.3) is 0 Å². The first kappa shape index (κ1) is 21.3. The number of aryl methyl sites for hydroxylation is 1. The third-order valence-electron chi connectivity index (χ3n) is 3.88. The molecule has 0 fully saturated rings. The van der Waals surface area contributed by atoms with Gasteiger partial charge in [-0.2, -0.15) is 4.31 Å². The number of nitrogens with zero attached hydrogens (tertiary/aromatic N) is 1. The molecule has 0 aromatic heterocycles. The van der Waals surface area contributed by atoms with Crippen molar-refractivity contribution in [1.82, 2.24) is 4.31 Å². The highest BCUT2D eigenvalue weighted by molar-refractivity contribution is 7.89. The van der Waals surface area contributed by atoms with Crippen LogP contribution in [0.2, 0.25) is 0 Å². The Labute approximate surface area is 159 Å². The second kappa shape index (κ2) is 9.82. The summed E-state index contributed by atoms with van der Waals surface area (Å²) in [5, 5.41) is 29.1. The van der Waals surface area contributed by atoms with Gasteiger partial charge in [0.1, 0.15) is 18.5 Å². The van der Waals surface area contributed by atoms with Crippen LogP contribution in [0.15, 0.2) is 59.5 Å². The molecule has 0 amide bonds. The fourth-order valence-corrected chi connectivity index (χ4v) is 3.93. The Hall–Kier alpha value is -1.97. The summed E-state index contributed by atoms with van der Waals surface area (Å²) >= 11 is 0. The molecular formula is C19H25NO6S. The first-order valence-electron chi connectivity index (χ1n) is 8.54. The van der Waals surface area contributed by atoms with E-state index in [2.05, 4.69) is 0 Å². The number of aliphatic hydroxyl groups is 3. The van der Waals surface area contributed by atoms with Crippen molar-refractivity contribution in [3.05, 3.63) is 60.2 Å². The van der Waals surface area contributed by atoms with Gasteiger partial charge in [-0.3, -0.25) is 0 Å². The minimum Gasteiger partial charge on any atom is -0.491 e. The van der Waals surface area contributed by atoms with Crippen LogP contribution in [-0.2, 0) is 10.0 Å². The predicted molar refractivity (Wildman–Crippen MR) is 101 cm³/mol. The minimum atomic E-state index is -3.95. The smallest absolute Gasteiger partial charge is 0.243 e. The highest BCUT2D eigenvalue weighted by Gasteiger charge is 2.28. The van der Waals surface area contributed by atoms with Crippen molar-refractivity contribution in [3.8, 4) is 5.75 Å². The van der Waals surface area contributed by atoms with Crippen molar-refractivity contribution in [3.63, 3.8) is 0 Å². The van der Waals surface area contributed by atoms with Gasteiger partial charge in [0.05, 0.1) is 17.6 Å². The average Bonchev–Trinajstić information content (AvgIpc) is 2.67. The van der Waals surface area contributed by atoms with Crippen LogP contribution in [-0.4, -0.2) is 66.6 Å². The van der Waals surface area contributed by atoms with E-state index in [0.717, 1.165) is 9.87 Å². The lowest BCUT2D eigenvalue weighted by Crippen LogP contribution is -2.44. The number of sulfonamides is 1. The van der Waals surface area contributed by atoms with Crippen LogP contribution in [0.25, 0.3) is 0 Å². The van der Waals surface area contributed by atoms with Crippen molar-refractivity contribution in [2.24, 2.45) is 0 Å². The molecule has 0 bridgehead atoms. The zero-order valence-electron chi connectivity index (χ0n) is 15.1. The molecule has 8 heteroatoms. The van der Waals surface area contributed by atoms with Gasteiger partial charge in [0, 0.05) is 13.1 Å². The van der Waals surface area contributed by atoms with Gasteiger partial charge >= 0.3 is 0 Å². The lowest BCUT2D eigenvalue weighted by molar-refractivity contribution is 0.0538. The van der Waals surface area contributed by atoms with E-state index >= 15 is 0 Å². The summed E-state index contributed by atoms with van der Waals surface area (Å²) in [5.74, 6) is 0.555. The van der Waals surface area contributed by atoms with E-state index in [4.69, 9.17) is 9.84 Å². The van der Waals surface area contributed by atoms with Crippen LogP contribution in [0.5, 0.6) is 5.75 Å². The quantitative estimate of drug-likeness (QED) is 0.549. The molecule has 0 aliphatic heterocycles.